The van der Waals surface area contributed by atoms with E-state index in [0.29, 0.717) is 0 Å². The number of Topliss-reactive ketones (excluding diaryl/α,β-unsaturated/α-hetero) is 1. The normalized spacial score (nSPS) is 20.6. The second-order valence-electron chi connectivity index (χ2n) is 4.41. The number of anilines is 1. The zero-order valence-corrected chi connectivity index (χ0v) is 11.3. The molecule has 1 aliphatic rings. The fraction of sp³-hybridized carbons (Fsp3) is 0.667. The number of hydrogen-bond donors (Lipinski definition) is 0. The lowest BCUT2D eigenvalue weighted by atomic mass is 10.1. The summed E-state index contributed by atoms with van der Waals surface area (Å²) >= 11 is 1.50. The Kier molecular flexibility index (Phi) is 3.79. The molecule has 0 amide bonds. The lowest BCUT2D eigenvalue weighted by molar-refractivity contribution is 0.0893. The van der Waals surface area contributed by atoms with Crippen LogP contribution in [-0.4, -0.2) is 37.1 Å². The van der Waals surface area contributed by atoms with E-state index in [0.717, 1.165) is 41.6 Å². The Morgan fingerprint density at radius 1 is 1.59 bits per heavy atom. The average molecular weight is 254 g/mol. The average Bonchev–Trinajstić information content (AvgIpc) is 2.71. The van der Waals surface area contributed by atoms with E-state index in [-0.39, 0.29) is 11.9 Å². The zero-order chi connectivity index (χ0) is 12.4. The first-order valence-corrected chi connectivity index (χ1v) is 6.69. The third-order valence-electron chi connectivity index (χ3n) is 3.09. The molecule has 1 aliphatic heterocycles. The van der Waals surface area contributed by atoms with Gasteiger partial charge in [-0.3, -0.25) is 4.79 Å². The van der Waals surface area contributed by atoms with E-state index in [4.69, 9.17) is 4.74 Å². The summed E-state index contributed by atoms with van der Waals surface area (Å²) in [5, 5.41) is 0.953. The minimum Gasteiger partial charge on any atom is -0.380 e. The van der Waals surface area contributed by atoms with Crippen molar-refractivity contribution < 1.29 is 9.53 Å². The third kappa shape index (κ3) is 2.66. The summed E-state index contributed by atoms with van der Waals surface area (Å²) in [6.45, 7) is 5.37. The topological polar surface area (TPSA) is 42.4 Å². The molecule has 0 N–H and O–H groups in total. The molecule has 1 saturated heterocycles. The van der Waals surface area contributed by atoms with Crippen molar-refractivity contribution in [1.29, 1.82) is 0 Å². The first-order chi connectivity index (χ1) is 8.11. The number of aromatic nitrogens is 1. The van der Waals surface area contributed by atoms with Crippen molar-refractivity contribution in [3.8, 4) is 0 Å². The van der Waals surface area contributed by atoms with Gasteiger partial charge in [-0.05, 0) is 19.8 Å². The quantitative estimate of drug-likeness (QED) is 0.776. The standard InChI is InChI=1S/C12H18N2O2S/c1-8-11(9(2)15)17-12(13-8)14-6-4-5-10(7-14)16-3/h10H,4-7H2,1-3H3. The number of piperidine rings is 1. The number of carbonyl (C=O) groups excluding carboxylic acids is 1. The van der Waals surface area contributed by atoms with Gasteiger partial charge in [0.1, 0.15) is 0 Å². The molecule has 17 heavy (non-hydrogen) atoms. The van der Waals surface area contributed by atoms with Crippen molar-refractivity contribution in [2.75, 3.05) is 25.1 Å². The molecule has 1 fully saturated rings. The van der Waals surface area contributed by atoms with E-state index in [1.54, 1.807) is 14.0 Å². The van der Waals surface area contributed by atoms with Gasteiger partial charge in [-0.2, -0.15) is 0 Å². The maximum Gasteiger partial charge on any atom is 0.186 e. The monoisotopic (exact) mass is 254 g/mol. The molecule has 0 aromatic carbocycles. The molecule has 1 unspecified atom stereocenters. The van der Waals surface area contributed by atoms with Crippen LogP contribution in [0.5, 0.6) is 0 Å². The molecule has 0 spiro atoms. The number of ketones is 1. The maximum absolute atomic E-state index is 11.4. The van der Waals surface area contributed by atoms with Crippen molar-refractivity contribution in [2.45, 2.75) is 32.8 Å². The summed E-state index contributed by atoms with van der Waals surface area (Å²) in [6.07, 6.45) is 2.51. The van der Waals surface area contributed by atoms with Gasteiger partial charge in [0.15, 0.2) is 10.9 Å². The van der Waals surface area contributed by atoms with Gasteiger partial charge < -0.3 is 9.64 Å². The summed E-state index contributed by atoms with van der Waals surface area (Å²) in [7, 11) is 1.75. The summed E-state index contributed by atoms with van der Waals surface area (Å²) < 4.78 is 5.40. The SMILES string of the molecule is COC1CCCN(c2nc(C)c(C(C)=O)s2)C1. The van der Waals surface area contributed by atoms with Gasteiger partial charge in [0, 0.05) is 27.1 Å². The number of nitrogens with zero attached hydrogens (tertiary/aromatic N) is 2. The molecule has 2 rings (SSSR count). The molecule has 4 nitrogen and oxygen atoms in total. The highest BCUT2D eigenvalue weighted by molar-refractivity contribution is 7.17. The fourth-order valence-electron chi connectivity index (χ4n) is 2.15. The van der Waals surface area contributed by atoms with Crippen LogP contribution >= 0.6 is 11.3 Å². The van der Waals surface area contributed by atoms with Gasteiger partial charge in [-0.25, -0.2) is 4.98 Å². The van der Waals surface area contributed by atoms with Crippen LogP contribution in [0.25, 0.3) is 0 Å². The zero-order valence-electron chi connectivity index (χ0n) is 10.5. The number of rotatable bonds is 3. The molecule has 94 valence electrons. The number of carbonyl (C=O) groups is 1. The highest BCUT2D eigenvalue weighted by Crippen LogP contribution is 2.28. The Morgan fingerprint density at radius 2 is 2.35 bits per heavy atom. The van der Waals surface area contributed by atoms with Crippen molar-refractivity contribution in [2.24, 2.45) is 0 Å². The van der Waals surface area contributed by atoms with Crippen LogP contribution in [0.3, 0.4) is 0 Å². The predicted octanol–water partition coefficient (Wildman–Crippen LogP) is 2.27. The van der Waals surface area contributed by atoms with Crippen LogP contribution in [0.1, 0.15) is 35.1 Å². The van der Waals surface area contributed by atoms with E-state index in [2.05, 4.69) is 9.88 Å². The second-order valence-corrected chi connectivity index (χ2v) is 5.39. The first kappa shape index (κ1) is 12.5. The van der Waals surface area contributed by atoms with E-state index in [1.807, 2.05) is 6.92 Å². The largest absolute Gasteiger partial charge is 0.380 e. The Hall–Kier alpha value is -0.940. The van der Waals surface area contributed by atoms with Gasteiger partial charge in [0.25, 0.3) is 0 Å². The number of hydrogen-bond acceptors (Lipinski definition) is 5. The lowest BCUT2D eigenvalue weighted by Gasteiger charge is -2.31. The molecule has 0 radical (unpaired) electrons. The van der Waals surface area contributed by atoms with E-state index in [9.17, 15) is 4.79 Å². The Labute approximate surface area is 106 Å². The molecule has 1 aromatic heterocycles. The Morgan fingerprint density at radius 3 is 2.94 bits per heavy atom. The van der Waals surface area contributed by atoms with Crippen LogP contribution in [0.15, 0.2) is 0 Å². The smallest absolute Gasteiger partial charge is 0.186 e. The van der Waals surface area contributed by atoms with Crippen LogP contribution < -0.4 is 4.90 Å². The van der Waals surface area contributed by atoms with Crippen molar-refractivity contribution in [3.63, 3.8) is 0 Å². The van der Waals surface area contributed by atoms with Gasteiger partial charge in [0.05, 0.1) is 16.7 Å². The number of thiazole rings is 1. The van der Waals surface area contributed by atoms with Gasteiger partial charge >= 0.3 is 0 Å². The number of ether oxygens (including phenoxy) is 1. The van der Waals surface area contributed by atoms with Crippen LogP contribution in [0.2, 0.25) is 0 Å². The van der Waals surface area contributed by atoms with E-state index >= 15 is 0 Å². The maximum atomic E-state index is 11.4. The van der Waals surface area contributed by atoms with Crippen molar-refractivity contribution in [3.05, 3.63) is 10.6 Å². The van der Waals surface area contributed by atoms with Crippen molar-refractivity contribution in [1.82, 2.24) is 4.98 Å². The molecular formula is C12H18N2O2S. The minimum absolute atomic E-state index is 0.103. The molecule has 0 aliphatic carbocycles. The second kappa shape index (κ2) is 5.14. The fourth-order valence-corrected chi connectivity index (χ4v) is 3.15. The lowest BCUT2D eigenvalue weighted by Crippen LogP contribution is -2.39. The molecule has 2 heterocycles. The van der Waals surface area contributed by atoms with E-state index < -0.39 is 0 Å². The number of aryl methyl sites for hydroxylation is 1. The summed E-state index contributed by atoms with van der Waals surface area (Å²) in [5.41, 5.74) is 0.844. The minimum atomic E-state index is 0.103. The van der Waals surface area contributed by atoms with Crippen LogP contribution in [0.4, 0.5) is 5.13 Å². The molecule has 1 atom stereocenters. The van der Waals surface area contributed by atoms with Gasteiger partial charge in [0.2, 0.25) is 0 Å². The van der Waals surface area contributed by atoms with Crippen LogP contribution in [-0.2, 0) is 4.74 Å². The Balaban J connectivity index is 2.16. The summed E-state index contributed by atoms with van der Waals surface area (Å²) in [6, 6.07) is 0. The molecule has 5 heteroatoms. The Bertz CT molecular complexity index is 417. The summed E-state index contributed by atoms with van der Waals surface area (Å²) in [5.74, 6) is 0.103. The van der Waals surface area contributed by atoms with Crippen LogP contribution in [0, 0.1) is 6.92 Å². The molecular weight excluding hydrogens is 236 g/mol. The molecule has 0 bridgehead atoms. The van der Waals surface area contributed by atoms with Gasteiger partial charge in [-0.15, -0.1) is 0 Å². The highest BCUT2D eigenvalue weighted by atomic mass is 32.1. The predicted molar refractivity (Wildman–Crippen MR) is 69.1 cm³/mol. The summed E-state index contributed by atoms with van der Waals surface area (Å²) in [4.78, 5) is 18.9. The number of methoxy groups -OCH3 is 1. The first-order valence-electron chi connectivity index (χ1n) is 5.88. The van der Waals surface area contributed by atoms with Gasteiger partial charge in [-0.1, -0.05) is 11.3 Å². The molecule has 1 aromatic rings. The highest BCUT2D eigenvalue weighted by Gasteiger charge is 2.23. The van der Waals surface area contributed by atoms with Crippen molar-refractivity contribution >= 4 is 22.3 Å². The molecule has 0 saturated carbocycles. The third-order valence-corrected chi connectivity index (χ3v) is 4.41. The van der Waals surface area contributed by atoms with E-state index in [1.165, 1.54) is 11.3 Å².